The number of nitrogens with zero attached hydrogens (tertiary/aromatic N) is 2. The number of hydrogen-bond donors (Lipinski definition) is 1. The molecule has 4 heterocycles. The largest absolute Gasteiger partial charge is 0.493 e. The zero-order valence-electron chi connectivity index (χ0n) is 23.2. The average molecular weight is 550 g/mol. The molecule has 7 nitrogen and oxygen atoms in total. The minimum Gasteiger partial charge on any atom is -0.493 e. The van der Waals surface area contributed by atoms with Gasteiger partial charge in [0, 0.05) is 55.3 Å². The number of morpholine rings is 1. The molecule has 1 fully saturated rings. The van der Waals surface area contributed by atoms with Gasteiger partial charge >= 0.3 is 0 Å². The fourth-order valence-electron chi connectivity index (χ4n) is 6.26. The quantitative estimate of drug-likeness (QED) is 0.329. The smallest absolute Gasteiger partial charge is 0.247 e. The molecule has 0 saturated carbocycles. The van der Waals surface area contributed by atoms with E-state index in [4.69, 9.17) is 14.2 Å². The Hall–Kier alpha value is -4.07. The third-order valence-corrected chi connectivity index (χ3v) is 8.43. The molecule has 1 N–H and O–H groups in total. The number of H-pyrrole nitrogens is 1. The van der Waals surface area contributed by atoms with E-state index >= 15 is 0 Å². The van der Waals surface area contributed by atoms with Gasteiger partial charge in [-0.15, -0.1) is 0 Å². The van der Waals surface area contributed by atoms with Gasteiger partial charge in [-0.1, -0.05) is 36.4 Å². The van der Waals surface area contributed by atoms with Crippen LogP contribution in [0.2, 0.25) is 0 Å². The molecule has 0 bridgehead atoms. The minimum atomic E-state index is -0.184. The molecular formula is C34H35N3O4. The molecule has 3 aliphatic heterocycles. The Kier molecular flexibility index (Phi) is 7.21. The lowest BCUT2D eigenvalue weighted by molar-refractivity contribution is -0.128. The Morgan fingerprint density at radius 1 is 0.976 bits per heavy atom. The summed E-state index contributed by atoms with van der Waals surface area (Å²) in [5.41, 5.74) is 6.82. The number of aromatic nitrogens is 1. The van der Waals surface area contributed by atoms with E-state index in [0.717, 1.165) is 79.5 Å². The van der Waals surface area contributed by atoms with Crippen molar-refractivity contribution in [1.82, 2.24) is 14.8 Å². The number of nitrogens with one attached hydrogen (secondary N) is 1. The van der Waals surface area contributed by atoms with Crippen molar-refractivity contribution in [1.29, 1.82) is 0 Å². The molecule has 3 aliphatic rings. The van der Waals surface area contributed by atoms with Crippen molar-refractivity contribution >= 4 is 22.9 Å². The standard InChI is InChI=1S/C34H35N3O4/c38-32(12-7-24-5-9-27(10-6-24)40-22-18-36-16-20-39-21-17-36)37-15-13-29-28-3-1-2-4-30(28)35-33(29)34(37)26-8-11-31-25(23-26)14-19-41-31/h1-12,23,34-35H,13-22H2. The van der Waals surface area contributed by atoms with Gasteiger partial charge in [0.1, 0.15) is 18.1 Å². The van der Waals surface area contributed by atoms with Crippen molar-refractivity contribution < 1.29 is 19.0 Å². The van der Waals surface area contributed by atoms with Gasteiger partial charge in [0.15, 0.2) is 0 Å². The Morgan fingerprint density at radius 2 is 1.83 bits per heavy atom. The minimum absolute atomic E-state index is 0.00175. The van der Waals surface area contributed by atoms with E-state index < -0.39 is 0 Å². The number of carbonyl (C=O) groups is 1. The number of aromatic amines is 1. The molecular weight excluding hydrogens is 514 g/mol. The molecule has 4 aromatic rings. The lowest BCUT2D eigenvalue weighted by Gasteiger charge is -2.36. The van der Waals surface area contributed by atoms with Gasteiger partial charge in [0.2, 0.25) is 5.91 Å². The van der Waals surface area contributed by atoms with Crippen molar-refractivity contribution in [3.05, 3.63) is 101 Å². The van der Waals surface area contributed by atoms with Crippen LogP contribution in [0.3, 0.4) is 0 Å². The van der Waals surface area contributed by atoms with Crippen LogP contribution in [0.15, 0.2) is 72.8 Å². The van der Waals surface area contributed by atoms with Crippen molar-refractivity contribution in [3.8, 4) is 11.5 Å². The predicted molar refractivity (Wildman–Crippen MR) is 159 cm³/mol. The summed E-state index contributed by atoms with van der Waals surface area (Å²) < 4.78 is 17.1. The fourth-order valence-corrected chi connectivity index (χ4v) is 6.26. The third-order valence-electron chi connectivity index (χ3n) is 8.43. The topological polar surface area (TPSA) is 67.0 Å². The predicted octanol–water partition coefficient (Wildman–Crippen LogP) is 5.00. The van der Waals surface area contributed by atoms with Crippen LogP contribution in [0.1, 0.15) is 34.0 Å². The van der Waals surface area contributed by atoms with E-state index in [9.17, 15) is 4.79 Å². The van der Waals surface area contributed by atoms with Crippen molar-refractivity contribution in [3.63, 3.8) is 0 Å². The maximum absolute atomic E-state index is 13.7. The van der Waals surface area contributed by atoms with Crippen LogP contribution in [-0.4, -0.2) is 73.3 Å². The van der Waals surface area contributed by atoms with Crippen LogP contribution < -0.4 is 9.47 Å². The fraction of sp³-hybridized carbons (Fsp3) is 0.324. The number of benzene rings is 3. The van der Waals surface area contributed by atoms with Gasteiger partial charge in [-0.25, -0.2) is 0 Å². The summed E-state index contributed by atoms with van der Waals surface area (Å²) in [4.78, 5) is 21.7. The first-order valence-electron chi connectivity index (χ1n) is 14.6. The molecule has 1 amide bonds. The van der Waals surface area contributed by atoms with Crippen molar-refractivity contribution in [2.75, 3.05) is 52.6 Å². The number of ether oxygens (including phenoxy) is 3. The summed E-state index contributed by atoms with van der Waals surface area (Å²) in [5, 5.41) is 1.24. The first-order valence-corrected chi connectivity index (χ1v) is 14.6. The van der Waals surface area contributed by atoms with Crippen LogP contribution >= 0.6 is 0 Å². The van der Waals surface area contributed by atoms with E-state index in [-0.39, 0.29) is 11.9 Å². The molecule has 1 saturated heterocycles. The SMILES string of the molecule is O=C(C=Cc1ccc(OCCN2CCOCC2)cc1)N1CCc2c([nH]c3ccccc23)C1c1ccc2c(c1)CCO2. The van der Waals surface area contributed by atoms with Crippen LogP contribution in [0.4, 0.5) is 0 Å². The highest BCUT2D eigenvalue weighted by Gasteiger charge is 2.34. The van der Waals surface area contributed by atoms with E-state index in [1.165, 1.54) is 16.5 Å². The number of para-hydroxylation sites is 1. The second-order valence-electron chi connectivity index (χ2n) is 10.9. The van der Waals surface area contributed by atoms with Gasteiger partial charge in [0.25, 0.3) is 0 Å². The maximum Gasteiger partial charge on any atom is 0.247 e. The summed E-state index contributed by atoms with van der Waals surface area (Å²) in [7, 11) is 0. The molecule has 3 aromatic carbocycles. The molecule has 0 spiro atoms. The van der Waals surface area contributed by atoms with E-state index in [1.807, 2.05) is 35.2 Å². The first-order chi connectivity index (χ1) is 20.2. The third kappa shape index (κ3) is 5.35. The average Bonchev–Trinajstić information content (AvgIpc) is 3.65. The highest BCUT2D eigenvalue weighted by molar-refractivity contribution is 5.93. The van der Waals surface area contributed by atoms with Crippen molar-refractivity contribution in [2.24, 2.45) is 0 Å². The summed E-state index contributed by atoms with van der Waals surface area (Å²) in [6.07, 6.45) is 5.32. The second-order valence-corrected chi connectivity index (χ2v) is 10.9. The summed E-state index contributed by atoms with van der Waals surface area (Å²) in [6.45, 7) is 6.42. The first kappa shape index (κ1) is 25.9. The number of fused-ring (bicyclic) bond motifs is 4. The van der Waals surface area contributed by atoms with Gasteiger partial charge in [-0.3, -0.25) is 9.69 Å². The van der Waals surface area contributed by atoms with Gasteiger partial charge in [-0.2, -0.15) is 0 Å². The molecule has 1 unspecified atom stereocenters. The van der Waals surface area contributed by atoms with E-state index in [2.05, 4.69) is 52.3 Å². The number of hydrogen-bond acceptors (Lipinski definition) is 5. The molecule has 0 aliphatic carbocycles. The molecule has 41 heavy (non-hydrogen) atoms. The van der Waals surface area contributed by atoms with Crippen LogP contribution in [-0.2, 0) is 22.4 Å². The Balaban J connectivity index is 1.09. The monoisotopic (exact) mass is 549 g/mol. The van der Waals surface area contributed by atoms with Crippen LogP contribution in [0, 0.1) is 0 Å². The van der Waals surface area contributed by atoms with E-state index in [1.54, 1.807) is 6.08 Å². The van der Waals surface area contributed by atoms with Gasteiger partial charge < -0.3 is 24.1 Å². The van der Waals surface area contributed by atoms with Crippen LogP contribution in [0.5, 0.6) is 11.5 Å². The van der Waals surface area contributed by atoms with Crippen molar-refractivity contribution in [2.45, 2.75) is 18.9 Å². The van der Waals surface area contributed by atoms with Gasteiger partial charge in [-0.05, 0) is 65.1 Å². The van der Waals surface area contributed by atoms with E-state index in [0.29, 0.717) is 19.8 Å². The highest BCUT2D eigenvalue weighted by atomic mass is 16.5. The lowest BCUT2D eigenvalue weighted by Crippen LogP contribution is -2.39. The number of amides is 1. The maximum atomic E-state index is 13.7. The summed E-state index contributed by atoms with van der Waals surface area (Å²) in [6, 6.07) is 22.6. The summed E-state index contributed by atoms with van der Waals surface area (Å²) >= 11 is 0. The molecule has 210 valence electrons. The molecule has 1 aromatic heterocycles. The van der Waals surface area contributed by atoms with Crippen LogP contribution in [0.25, 0.3) is 17.0 Å². The normalized spacial score (nSPS) is 18.8. The molecule has 7 heteroatoms. The Morgan fingerprint density at radius 3 is 2.71 bits per heavy atom. The second kappa shape index (κ2) is 11.4. The summed E-state index contributed by atoms with van der Waals surface area (Å²) in [5.74, 6) is 1.79. The highest BCUT2D eigenvalue weighted by Crippen LogP contribution is 2.40. The molecule has 1 atom stereocenters. The Labute approximate surface area is 240 Å². The Bertz CT molecular complexity index is 1570. The zero-order valence-corrected chi connectivity index (χ0v) is 23.2. The molecule has 0 radical (unpaired) electrons. The lowest BCUT2D eigenvalue weighted by atomic mass is 9.91. The number of carbonyl (C=O) groups excluding carboxylic acids is 1. The zero-order chi connectivity index (χ0) is 27.6. The number of rotatable bonds is 7. The molecule has 7 rings (SSSR count). The van der Waals surface area contributed by atoms with Gasteiger partial charge in [0.05, 0.1) is 25.9 Å².